The first kappa shape index (κ1) is 6.44. The fourth-order valence-electron chi connectivity index (χ4n) is 2.53. The zero-order valence-corrected chi connectivity index (χ0v) is 6.66. The van der Waals surface area contributed by atoms with Crippen molar-refractivity contribution in [1.29, 1.82) is 0 Å². The van der Waals surface area contributed by atoms with Gasteiger partial charge >= 0.3 is 0 Å². The van der Waals surface area contributed by atoms with E-state index in [9.17, 15) is 0 Å². The predicted octanol–water partition coefficient (Wildman–Crippen LogP) is 1.34. The Morgan fingerprint density at radius 1 is 1.27 bits per heavy atom. The van der Waals surface area contributed by atoms with E-state index in [4.69, 9.17) is 9.47 Å². The lowest BCUT2D eigenvalue weighted by atomic mass is 9.86. The lowest BCUT2D eigenvalue weighted by Crippen LogP contribution is -2.17. The molecule has 0 N–H and O–H groups in total. The highest BCUT2D eigenvalue weighted by molar-refractivity contribution is 4.91. The first-order chi connectivity index (χ1) is 5.42. The summed E-state index contributed by atoms with van der Waals surface area (Å²) >= 11 is 0. The topological polar surface area (TPSA) is 21.8 Å². The van der Waals surface area contributed by atoms with Gasteiger partial charge in [0.05, 0.1) is 24.9 Å². The van der Waals surface area contributed by atoms with Crippen molar-refractivity contribution < 1.29 is 9.47 Å². The van der Waals surface area contributed by atoms with Crippen molar-refractivity contribution >= 4 is 0 Å². The molecule has 0 aliphatic carbocycles. The third kappa shape index (κ3) is 1.09. The Morgan fingerprint density at radius 3 is 2.73 bits per heavy atom. The summed E-state index contributed by atoms with van der Waals surface area (Å²) in [5.41, 5.74) is 0. The molecule has 0 amide bonds. The Morgan fingerprint density at radius 2 is 2.18 bits per heavy atom. The molecule has 3 aliphatic heterocycles. The maximum Gasteiger partial charge on any atom is 0.0813 e. The number of epoxide rings is 1. The molecule has 0 spiro atoms. The SMILES string of the molecule is C1OC1CC1CC2CCC1O2. The van der Waals surface area contributed by atoms with Crippen LogP contribution in [0.4, 0.5) is 0 Å². The van der Waals surface area contributed by atoms with Gasteiger partial charge in [0, 0.05) is 0 Å². The summed E-state index contributed by atoms with van der Waals surface area (Å²) in [6.45, 7) is 1.01. The largest absolute Gasteiger partial charge is 0.375 e. The Hall–Kier alpha value is -0.0800. The molecular weight excluding hydrogens is 140 g/mol. The smallest absolute Gasteiger partial charge is 0.0813 e. The average Bonchev–Trinajstić information content (AvgIpc) is 2.61. The molecule has 2 nitrogen and oxygen atoms in total. The van der Waals surface area contributed by atoms with Gasteiger partial charge < -0.3 is 9.47 Å². The van der Waals surface area contributed by atoms with Crippen LogP contribution in [0.25, 0.3) is 0 Å². The normalized spacial score (nSPS) is 53.5. The second-order valence-electron chi connectivity index (χ2n) is 4.06. The van der Waals surface area contributed by atoms with Crippen molar-refractivity contribution in [2.75, 3.05) is 6.61 Å². The molecule has 0 saturated carbocycles. The molecule has 3 saturated heterocycles. The Kier molecular flexibility index (Phi) is 1.29. The van der Waals surface area contributed by atoms with Crippen molar-refractivity contribution in [3.63, 3.8) is 0 Å². The third-order valence-corrected chi connectivity index (χ3v) is 3.20. The lowest BCUT2D eigenvalue weighted by Gasteiger charge is -2.16. The van der Waals surface area contributed by atoms with Gasteiger partial charge in [-0.05, 0) is 31.6 Å². The van der Waals surface area contributed by atoms with E-state index in [1.165, 1.54) is 25.7 Å². The summed E-state index contributed by atoms with van der Waals surface area (Å²) in [7, 11) is 0. The Labute approximate surface area is 66.9 Å². The Balaban J connectivity index is 1.62. The zero-order valence-electron chi connectivity index (χ0n) is 6.66. The minimum Gasteiger partial charge on any atom is -0.375 e. The quantitative estimate of drug-likeness (QED) is 0.560. The van der Waals surface area contributed by atoms with Gasteiger partial charge in [-0.3, -0.25) is 0 Å². The number of ether oxygens (including phenoxy) is 2. The van der Waals surface area contributed by atoms with Gasteiger partial charge in [0.1, 0.15) is 0 Å². The van der Waals surface area contributed by atoms with E-state index < -0.39 is 0 Å². The highest BCUT2D eigenvalue weighted by atomic mass is 16.6. The Bertz CT molecular complexity index is 165. The second-order valence-corrected chi connectivity index (χ2v) is 4.06. The molecule has 4 unspecified atom stereocenters. The number of rotatable bonds is 2. The fourth-order valence-corrected chi connectivity index (χ4v) is 2.53. The summed E-state index contributed by atoms with van der Waals surface area (Å²) in [4.78, 5) is 0. The van der Waals surface area contributed by atoms with Crippen molar-refractivity contribution in [1.82, 2.24) is 0 Å². The van der Waals surface area contributed by atoms with Gasteiger partial charge in [0.2, 0.25) is 0 Å². The van der Waals surface area contributed by atoms with Crippen LogP contribution in [0.3, 0.4) is 0 Å². The number of fused-ring (bicyclic) bond motifs is 2. The molecule has 11 heavy (non-hydrogen) atoms. The van der Waals surface area contributed by atoms with Gasteiger partial charge in [-0.15, -0.1) is 0 Å². The molecular formula is C9H14O2. The molecule has 2 bridgehead atoms. The van der Waals surface area contributed by atoms with Crippen LogP contribution >= 0.6 is 0 Å². The van der Waals surface area contributed by atoms with Crippen LogP contribution < -0.4 is 0 Å². The van der Waals surface area contributed by atoms with Gasteiger partial charge in [-0.2, -0.15) is 0 Å². The fraction of sp³-hybridized carbons (Fsp3) is 1.00. The molecule has 2 heteroatoms. The van der Waals surface area contributed by atoms with E-state index in [1.54, 1.807) is 0 Å². The van der Waals surface area contributed by atoms with Gasteiger partial charge in [0.25, 0.3) is 0 Å². The van der Waals surface area contributed by atoms with Crippen LogP contribution in [0, 0.1) is 5.92 Å². The lowest BCUT2D eigenvalue weighted by molar-refractivity contribution is 0.0899. The molecule has 4 atom stereocenters. The summed E-state index contributed by atoms with van der Waals surface area (Å²) in [5.74, 6) is 0.834. The van der Waals surface area contributed by atoms with E-state index in [-0.39, 0.29) is 0 Å². The molecule has 62 valence electrons. The first-order valence-corrected chi connectivity index (χ1v) is 4.69. The van der Waals surface area contributed by atoms with E-state index in [0.29, 0.717) is 18.3 Å². The number of hydrogen-bond donors (Lipinski definition) is 0. The zero-order chi connectivity index (χ0) is 7.26. The predicted molar refractivity (Wildman–Crippen MR) is 40.4 cm³/mol. The summed E-state index contributed by atoms with van der Waals surface area (Å²) in [6, 6.07) is 0. The van der Waals surface area contributed by atoms with Crippen molar-refractivity contribution in [2.24, 2.45) is 5.92 Å². The summed E-state index contributed by atoms with van der Waals surface area (Å²) in [5, 5.41) is 0. The van der Waals surface area contributed by atoms with Crippen molar-refractivity contribution in [2.45, 2.75) is 44.0 Å². The van der Waals surface area contributed by atoms with E-state index >= 15 is 0 Å². The van der Waals surface area contributed by atoms with E-state index in [2.05, 4.69) is 0 Å². The highest BCUT2D eigenvalue weighted by Crippen LogP contribution is 2.42. The van der Waals surface area contributed by atoms with Crippen LogP contribution in [-0.4, -0.2) is 24.9 Å². The first-order valence-electron chi connectivity index (χ1n) is 4.69. The second kappa shape index (κ2) is 2.20. The molecule has 3 heterocycles. The minimum atomic E-state index is 0.600. The van der Waals surface area contributed by atoms with Gasteiger partial charge in [0.15, 0.2) is 0 Å². The summed E-state index contributed by atoms with van der Waals surface area (Å²) < 4.78 is 11.0. The standard InChI is InChI=1S/C9H14O2/c1-2-9-6(3-7(1)11-9)4-8-5-10-8/h6-9H,1-5H2. The third-order valence-electron chi connectivity index (χ3n) is 3.20. The molecule has 0 aromatic rings. The van der Waals surface area contributed by atoms with E-state index in [0.717, 1.165) is 12.5 Å². The van der Waals surface area contributed by atoms with Crippen LogP contribution in [0.2, 0.25) is 0 Å². The monoisotopic (exact) mass is 154 g/mol. The van der Waals surface area contributed by atoms with Crippen molar-refractivity contribution in [3.8, 4) is 0 Å². The van der Waals surface area contributed by atoms with Crippen molar-refractivity contribution in [3.05, 3.63) is 0 Å². The molecule has 0 radical (unpaired) electrons. The average molecular weight is 154 g/mol. The molecule has 3 rings (SSSR count). The van der Waals surface area contributed by atoms with Crippen LogP contribution in [0.15, 0.2) is 0 Å². The van der Waals surface area contributed by atoms with E-state index in [1.807, 2.05) is 0 Å². The maximum absolute atomic E-state index is 5.76. The van der Waals surface area contributed by atoms with Crippen LogP contribution in [0.1, 0.15) is 25.7 Å². The van der Waals surface area contributed by atoms with Gasteiger partial charge in [-0.25, -0.2) is 0 Å². The molecule has 0 aromatic carbocycles. The minimum absolute atomic E-state index is 0.600. The molecule has 0 aromatic heterocycles. The summed E-state index contributed by atoms with van der Waals surface area (Å²) in [6.07, 6.45) is 7.01. The maximum atomic E-state index is 5.76. The highest BCUT2D eigenvalue weighted by Gasteiger charge is 2.43. The van der Waals surface area contributed by atoms with Crippen LogP contribution in [-0.2, 0) is 9.47 Å². The number of hydrogen-bond acceptors (Lipinski definition) is 2. The molecule has 3 aliphatic rings. The van der Waals surface area contributed by atoms with Crippen LogP contribution in [0.5, 0.6) is 0 Å². The van der Waals surface area contributed by atoms with Gasteiger partial charge in [-0.1, -0.05) is 0 Å². The molecule has 3 fully saturated rings.